The molecule has 0 radical (unpaired) electrons. The van der Waals surface area contributed by atoms with E-state index in [1.807, 2.05) is 0 Å². The molecule has 0 atom stereocenters. The molecule has 0 amide bonds. The van der Waals surface area contributed by atoms with E-state index in [1.165, 1.54) is 24.3 Å². The number of aliphatic carboxylic acids is 1. The Morgan fingerprint density at radius 3 is 2.19 bits per heavy atom. The molecular weight excluding hydrogens is 318 g/mol. The van der Waals surface area contributed by atoms with Crippen LogP contribution in [0.2, 0.25) is 0 Å². The number of benzene rings is 1. The number of carboxylic acids is 1. The molecule has 0 saturated heterocycles. The number of aryl methyl sites for hydroxylation is 1. The van der Waals surface area contributed by atoms with Crippen molar-refractivity contribution < 1.29 is 26.7 Å². The first-order valence-electron chi connectivity index (χ1n) is 6.08. The molecule has 1 aromatic rings. The van der Waals surface area contributed by atoms with Crippen molar-refractivity contribution in [2.75, 3.05) is 18.6 Å². The average molecular weight is 335 g/mol. The predicted molar refractivity (Wildman–Crippen MR) is 77.3 cm³/mol. The SMILES string of the molecule is CS(=O)(=O)CCNS(=O)(=O)c1ccc(CCC(=O)O)cc1. The van der Waals surface area contributed by atoms with Gasteiger partial charge >= 0.3 is 5.97 Å². The van der Waals surface area contributed by atoms with Gasteiger partial charge in [-0.05, 0) is 24.1 Å². The molecule has 21 heavy (non-hydrogen) atoms. The largest absolute Gasteiger partial charge is 0.481 e. The van der Waals surface area contributed by atoms with Gasteiger partial charge in [0, 0.05) is 19.2 Å². The third-order valence-corrected chi connectivity index (χ3v) is 5.05. The van der Waals surface area contributed by atoms with Gasteiger partial charge in [0.2, 0.25) is 10.0 Å². The maximum Gasteiger partial charge on any atom is 0.303 e. The minimum Gasteiger partial charge on any atom is -0.481 e. The predicted octanol–water partition coefficient (Wildman–Crippen LogP) is 0.0267. The molecule has 0 aliphatic carbocycles. The van der Waals surface area contributed by atoms with Crippen LogP contribution in [0.3, 0.4) is 0 Å². The van der Waals surface area contributed by atoms with E-state index in [2.05, 4.69) is 4.72 Å². The summed E-state index contributed by atoms with van der Waals surface area (Å²) < 4.78 is 47.9. The highest BCUT2D eigenvalue weighted by molar-refractivity contribution is 7.91. The second kappa shape index (κ2) is 7.01. The topological polar surface area (TPSA) is 118 Å². The molecule has 118 valence electrons. The molecule has 9 heteroatoms. The van der Waals surface area contributed by atoms with E-state index in [4.69, 9.17) is 5.11 Å². The maximum atomic E-state index is 11.9. The number of carboxylic acid groups (broad SMARTS) is 1. The summed E-state index contributed by atoms with van der Waals surface area (Å²) in [5.74, 6) is -1.20. The number of sulfone groups is 1. The molecule has 0 heterocycles. The minimum absolute atomic E-state index is 0.00933. The first-order chi connectivity index (χ1) is 9.60. The number of nitrogens with one attached hydrogen (secondary N) is 1. The van der Waals surface area contributed by atoms with Crippen molar-refractivity contribution in [1.82, 2.24) is 4.72 Å². The number of sulfonamides is 1. The highest BCUT2D eigenvalue weighted by Gasteiger charge is 2.14. The molecule has 0 aliphatic heterocycles. The Morgan fingerprint density at radius 1 is 1.14 bits per heavy atom. The van der Waals surface area contributed by atoms with Gasteiger partial charge in [0.15, 0.2) is 0 Å². The summed E-state index contributed by atoms with van der Waals surface area (Å²) in [6.45, 7) is -0.193. The average Bonchev–Trinajstić information content (AvgIpc) is 2.35. The van der Waals surface area contributed by atoms with E-state index in [-0.39, 0.29) is 23.6 Å². The third-order valence-electron chi connectivity index (χ3n) is 2.63. The van der Waals surface area contributed by atoms with E-state index in [9.17, 15) is 21.6 Å². The van der Waals surface area contributed by atoms with Crippen LogP contribution in [0.15, 0.2) is 29.2 Å². The Balaban J connectivity index is 2.69. The molecule has 0 bridgehead atoms. The molecule has 7 nitrogen and oxygen atoms in total. The lowest BCUT2D eigenvalue weighted by molar-refractivity contribution is -0.136. The Bertz CT molecular complexity index is 692. The smallest absolute Gasteiger partial charge is 0.303 e. The Labute approximate surface area is 124 Å². The summed E-state index contributed by atoms with van der Waals surface area (Å²) in [6.07, 6.45) is 1.31. The van der Waals surface area contributed by atoms with Gasteiger partial charge in [-0.25, -0.2) is 21.6 Å². The van der Waals surface area contributed by atoms with Crippen LogP contribution in [0.5, 0.6) is 0 Å². The van der Waals surface area contributed by atoms with E-state index < -0.39 is 25.8 Å². The van der Waals surface area contributed by atoms with Crippen LogP contribution in [-0.4, -0.2) is 46.5 Å². The molecule has 0 spiro atoms. The van der Waals surface area contributed by atoms with Gasteiger partial charge in [-0.15, -0.1) is 0 Å². The number of hydrogen-bond donors (Lipinski definition) is 2. The second-order valence-electron chi connectivity index (χ2n) is 4.57. The maximum absolute atomic E-state index is 11.9. The van der Waals surface area contributed by atoms with E-state index in [0.717, 1.165) is 6.26 Å². The van der Waals surface area contributed by atoms with Gasteiger partial charge in [0.25, 0.3) is 0 Å². The van der Waals surface area contributed by atoms with Crippen LogP contribution in [0.4, 0.5) is 0 Å². The summed E-state index contributed by atoms with van der Waals surface area (Å²) in [4.78, 5) is 10.5. The Morgan fingerprint density at radius 2 is 1.71 bits per heavy atom. The minimum atomic E-state index is -3.76. The van der Waals surface area contributed by atoms with Gasteiger partial charge < -0.3 is 5.11 Å². The molecule has 1 rings (SSSR count). The fourth-order valence-corrected chi connectivity index (χ4v) is 3.17. The lowest BCUT2D eigenvalue weighted by Gasteiger charge is -2.07. The summed E-state index contributed by atoms with van der Waals surface area (Å²) in [7, 11) is -7.00. The first kappa shape index (κ1) is 17.6. The first-order valence-corrected chi connectivity index (χ1v) is 9.63. The molecular formula is C12H17NO6S2. The monoisotopic (exact) mass is 335 g/mol. The quantitative estimate of drug-likeness (QED) is 0.692. The van der Waals surface area contributed by atoms with Crippen molar-refractivity contribution in [2.24, 2.45) is 0 Å². The van der Waals surface area contributed by atoms with Crippen LogP contribution in [-0.2, 0) is 31.1 Å². The van der Waals surface area contributed by atoms with E-state index in [1.54, 1.807) is 0 Å². The molecule has 0 fully saturated rings. The third kappa shape index (κ3) is 6.69. The fraction of sp³-hybridized carbons (Fsp3) is 0.417. The van der Waals surface area contributed by atoms with Gasteiger partial charge in [-0.2, -0.15) is 0 Å². The van der Waals surface area contributed by atoms with Crippen molar-refractivity contribution in [3.63, 3.8) is 0 Å². The standard InChI is InChI=1S/C12H17NO6S2/c1-20(16,17)9-8-13-21(18,19)11-5-2-10(3-6-11)4-7-12(14)15/h2-3,5-6,13H,4,7-9H2,1H3,(H,14,15). The van der Waals surface area contributed by atoms with Crippen LogP contribution in [0.25, 0.3) is 0 Å². The lowest BCUT2D eigenvalue weighted by atomic mass is 10.1. The van der Waals surface area contributed by atoms with E-state index in [0.29, 0.717) is 12.0 Å². The number of rotatable bonds is 8. The zero-order valence-corrected chi connectivity index (χ0v) is 13.1. The number of hydrogen-bond acceptors (Lipinski definition) is 5. The van der Waals surface area contributed by atoms with Gasteiger partial charge in [-0.1, -0.05) is 12.1 Å². The van der Waals surface area contributed by atoms with Gasteiger partial charge in [-0.3, -0.25) is 4.79 Å². The zero-order valence-electron chi connectivity index (χ0n) is 11.4. The molecule has 0 aromatic heterocycles. The highest BCUT2D eigenvalue weighted by Crippen LogP contribution is 2.11. The van der Waals surface area contributed by atoms with E-state index >= 15 is 0 Å². The van der Waals surface area contributed by atoms with Crippen molar-refractivity contribution in [1.29, 1.82) is 0 Å². The number of carbonyl (C=O) groups is 1. The molecule has 0 saturated carbocycles. The second-order valence-corrected chi connectivity index (χ2v) is 8.59. The Hall–Kier alpha value is -1.45. The van der Waals surface area contributed by atoms with Gasteiger partial charge in [0.1, 0.15) is 9.84 Å². The zero-order chi connectivity index (χ0) is 16.1. The van der Waals surface area contributed by atoms with Crippen molar-refractivity contribution >= 4 is 25.8 Å². The lowest BCUT2D eigenvalue weighted by Crippen LogP contribution is -2.28. The highest BCUT2D eigenvalue weighted by atomic mass is 32.2. The molecule has 0 unspecified atom stereocenters. The summed E-state index contributed by atoms with van der Waals surface area (Å²) in [5, 5.41) is 8.57. The van der Waals surface area contributed by atoms with Crippen LogP contribution >= 0.6 is 0 Å². The molecule has 2 N–H and O–H groups in total. The Kier molecular flexibility index (Phi) is 5.87. The molecule has 0 aliphatic rings. The van der Waals surface area contributed by atoms with Crippen LogP contribution in [0.1, 0.15) is 12.0 Å². The summed E-state index contributed by atoms with van der Waals surface area (Å²) in [6, 6.07) is 5.79. The van der Waals surface area contributed by atoms with Crippen molar-refractivity contribution in [3.05, 3.63) is 29.8 Å². The summed E-state index contributed by atoms with van der Waals surface area (Å²) >= 11 is 0. The normalized spacial score (nSPS) is 12.2. The van der Waals surface area contributed by atoms with Crippen molar-refractivity contribution in [3.8, 4) is 0 Å². The summed E-state index contributed by atoms with van der Waals surface area (Å²) in [5.41, 5.74) is 0.715. The molecule has 1 aromatic carbocycles. The van der Waals surface area contributed by atoms with Crippen LogP contribution in [0, 0.1) is 0 Å². The fourth-order valence-electron chi connectivity index (χ4n) is 1.53. The van der Waals surface area contributed by atoms with Gasteiger partial charge in [0.05, 0.1) is 10.6 Å². The van der Waals surface area contributed by atoms with Crippen molar-refractivity contribution in [2.45, 2.75) is 17.7 Å². The van der Waals surface area contributed by atoms with Crippen LogP contribution < -0.4 is 4.72 Å².